The largest absolute Gasteiger partial charge is 0.451 e. The number of aromatic nitrogens is 4. The number of nitrogens with zero attached hydrogens (tertiary/aromatic N) is 7. The van der Waals surface area contributed by atoms with E-state index in [0.29, 0.717) is 56.8 Å². The van der Waals surface area contributed by atoms with Gasteiger partial charge in [-0.2, -0.15) is 18.3 Å². The summed E-state index contributed by atoms with van der Waals surface area (Å²) < 4.78 is 49.8. The second kappa shape index (κ2) is 8.84. The number of aryl methyl sites for hydroxylation is 1. The molecule has 0 saturated carbocycles. The number of anilines is 2. The van der Waals surface area contributed by atoms with Crippen molar-refractivity contribution in [1.82, 2.24) is 30.0 Å². The number of ether oxygens (including phenoxy) is 1. The van der Waals surface area contributed by atoms with Crippen molar-refractivity contribution < 1.29 is 17.9 Å². The summed E-state index contributed by atoms with van der Waals surface area (Å²) in [4.78, 5) is 14.3. The van der Waals surface area contributed by atoms with E-state index in [0.717, 1.165) is 44.0 Å². The lowest BCUT2D eigenvalue weighted by atomic mass is 9.85. The van der Waals surface area contributed by atoms with Crippen LogP contribution in [0.5, 0.6) is 0 Å². The highest BCUT2D eigenvalue weighted by atomic mass is 19.4. The Hall–Kier alpha value is -2.44. The third-order valence-corrected chi connectivity index (χ3v) is 8.33. The van der Waals surface area contributed by atoms with Gasteiger partial charge in [-0.15, -0.1) is 0 Å². The van der Waals surface area contributed by atoms with Gasteiger partial charge in [0.25, 0.3) is 0 Å². The van der Waals surface area contributed by atoms with Crippen LogP contribution in [0.1, 0.15) is 36.8 Å². The van der Waals surface area contributed by atoms with Crippen LogP contribution < -0.4 is 15.1 Å². The first-order valence-corrected chi connectivity index (χ1v) is 12.8. The molecular formula is C24H33F3N8O. The maximum absolute atomic E-state index is 13.8. The molecule has 0 amide bonds. The van der Waals surface area contributed by atoms with Crippen molar-refractivity contribution in [3.63, 3.8) is 0 Å². The van der Waals surface area contributed by atoms with E-state index in [1.165, 1.54) is 0 Å². The predicted octanol–water partition coefficient (Wildman–Crippen LogP) is 2.01. The normalized spacial score (nSPS) is 26.7. The quantitative estimate of drug-likeness (QED) is 0.678. The van der Waals surface area contributed by atoms with Crippen molar-refractivity contribution >= 4 is 11.6 Å². The van der Waals surface area contributed by atoms with E-state index >= 15 is 0 Å². The Balaban J connectivity index is 1.23. The number of alkyl halides is 3. The number of hydrogen-bond acceptors (Lipinski definition) is 8. The second-order valence-corrected chi connectivity index (χ2v) is 10.4. The molecule has 1 spiro atoms. The van der Waals surface area contributed by atoms with Gasteiger partial charge in [0.2, 0.25) is 5.82 Å². The molecule has 0 radical (unpaired) electrons. The third kappa shape index (κ3) is 4.03. The highest BCUT2D eigenvalue weighted by Gasteiger charge is 2.45. The van der Waals surface area contributed by atoms with Crippen LogP contribution in [0.25, 0.3) is 0 Å². The summed E-state index contributed by atoms with van der Waals surface area (Å²) in [6, 6.07) is 2.15. The first-order chi connectivity index (χ1) is 17.2. The number of hydrogen-bond donors (Lipinski definition) is 1. The van der Waals surface area contributed by atoms with Crippen LogP contribution in [0.4, 0.5) is 24.8 Å². The summed E-state index contributed by atoms with van der Waals surface area (Å²) in [5, 5.41) is 7.83. The first-order valence-electron chi connectivity index (χ1n) is 12.8. The van der Waals surface area contributed by atoms with Crippen molar-refractivity contribution in [2.24, 2.45) is 0 Å². The first kappa shape index (κ1) is 23.9. The zero-order valence-corrected chi connectivity index (χ0v) is 20.8. The van der Waals surface area contributed by atoms with Gasteiger partial charge in [-0.05, 0) is 32.3 Å². The van der Waals surface area contributed by atoms with Crippen molar-refractivity contribution in [3.8, 4) is 0 Å². The second-order valence-electron chi connectivity index (χ2n) is 10.4. The molecular weight excluding hydrogens is 473 g/mol. The number of halogens is 3. The molecule has 2 aromatic rings. The monoisotopic (exact) mass is 506 g/mol. The molecule has 9 nitrogen and oxygen atoms in total. The number of fused-ring (bicyclic) bond motifs is 2. The minimum absolute atomic E-state index is 0.0930. The lowest BCUT2D eigenvalue weighted by molar-refractivity contribution is -0.144. The molecule has 2 aromatic heterocycles. The summed E-state index contributed by atoms with van der Waals surface area (Å²) in [5.41, 5.74) is 1.75. The van der Waals surface area contributed by atoms with Gasteiger partial charge in [0, 0.05) is 64.0 Å². The summed E-state index contributed by atoms with van der Waals surface area (Å²) in [7, 11) is 0. The average Bonchev–Trinajstić information content (AvgIpc) is 3.26. The molecule has 0 aliphatic carbocycles. The van der Waals surface area contributed by atoms with Crippen LogP contribution in [0.2, 0.25) is 0 Å². The summed E-state index contributed by atoms with van der Waals surface area (Å²) in [6.07, 6.45) is -1.40. The van der Waals surface area contributed by atoms with E-state index in [-0.39, 0.29) is 6.04 Å². The number of piperazine rings is 1. The number of rotatable bonds is 3. The standard InChI is InChI=1S/C24H33F3N8O/c1-16-14-29-35-11-12-36-23(21(16)35)3-7-33(8-4-23)19-13-20(31-22(30-19)24(25,26)27)34-15-18(17(34)2)32-9-5-28-6-10-32/h13-14,17-18,28H,3-12,15H2,1-2H3/t17-,18-/m1/s1. The third-order valence-electron chi connectivity index (χ3n) is 8.33. The van der Waals surface area contributed by atoms with Crippen LogP contribution in [-0.4, -0.2) is 89.2 Å². The van der Waals surface area contributed by atoms with Gasteiger partial charge >= 0.3 is 6.18 Å². The minimum Gasteiger partial charge on any atom is -0.367 e. The maximum Gasteiger partial charge on any atom is 0.451 e. The van der Waals surface area contributed by atoms with E-state index in [1.54, 1.807) is 6.07 Å². The molecule has 0 bridgehead atoms. The van der Waals surface area contributed by atoms with Gasteiger partial charge in [-0.1, -0.05) is 0 Å². The summed E-state index contributed by atoms with van der Waals surface area (Å²) in [5.74, 6) is -0.383. The fourth-order valence-corrected chi connectivity index (χ4v) is 6.30. The highest BCUT2D eigenvalue weighted by Crippen LogP contribution is 2.42. The van der Waals surface area contributed by atoms with Gasteiger partial charge in [0.05, 0.1) is 25.0 Å². The molecule has 0 aromatic carbocycles. The number of nitrogens with one attached hydrogen (secondary N) is 1. The van der Waals surface area contributed by atoms with Gasteiger partial charge in [0.15, 0.2) is 0 Å². The zero-order chi connectivity index (χ0) is 25.1. The molecule has 1 N–H and O–H groups in total. The van der Waals surface area contributed by atoms with Crippen molar-refractivity contribution in [2.75, 3.05) is 62.2 Å². The molecule has 0 unspecified atom stereocenters. The van der Waals surface area contributed by atoms with Crippen LogP contribution in [0, 0.1) is 6.92 Å². The molecule has 4 aliphatic rings. The van der Waals surface area contributed by atoms with Crippen molar-refractivity contribution in [3.05, 3.63) is 29.3 Å². The Kier molecular flexibility index (Phi) is 5.88. The highest BCUT2D eigenvalue weighted by molar-refractivity contribution is 5.54. The van der Waals surface area contributed by atoms with Crippen LogP contribution >= 0.6 is 0 Å². The van der Waals surface area contributed by atoms with Gasteiger partial charge < -0.3 is 19.9 Å². The lowest BCUT2D eigenvalue weighted by Gasteiger charge is -2.53. The van der Waals surface area contributed by atoms with Crippen molar-refractivity contribution in [2.45, 2.75) is 57.1 Å². The van der Waals surface area contributed by atoms with E-state index in [2.05, 4.69) is 32.2 Å². The SMILES string of the molecule is Cc1cnn2c1C1(CCN(c3cc(N4C[C@@H](N5CCNCC5)[C@H]4C)nc(C(F)(F)F)n3)CC1)OCC2. The minimum atomic E-state index is -4.61. The van der Waals surface area contributed by atoms with Crippen LogP contribution in [0.3, 0.4) is 0 Å². The molecule has 2 atom stereocenters. The van der Waals surface area contributed by atoms with E-state index < -0.39 is 17.6 Å². The summed E-state index contributed by atoms with van der Waals surface area (Å²) in [6.45, 7) is 11.0. The molecule has 6 rings (SSSR count). The van der Waals surface area contributed by atoms with E-state index in [9.17, 15) is 13.2 Å². The van der Waals surface area contributed by atoms with E-state index in [4.69, 9.17) is 4.74 Å². The molecule has 196 valence electrons. The Bertz CT molecular complexity index is 1110. The molecule has 4 aliphatic heterocycles. The fraction of sp³-hybridized carbons (Fsp3) is 0.708. The molecule has 12 heteroatoms. The van der Waals surface area contributed by atoms with Gasteiger partial charge in [0.1, 0.15) is 17.2 Å². The van der Waals surface area contributed by atoms with Crippen molar-refractivity contribution in [1.29, 1.82) is 0 Å². The maximum atomic E-state index is 13.8. The zero-order valence-electron chi connectivity index (χ0n) is 20.8. The molecule has 3 fully saturated rings. The Morgan fingerprint density at radius 1 is 1.06 bits per heavy atom. The Morgan fingerprint density at radius 2 is 1.78 bits per heavy atom. The van der Waals surface area contributed by atoms with E-state index in [1.807, 2.05) is 27.6 Å². The van der Waals surface area contributed by atoms with Crippen LogP contribution in [0.15, 0.2) is 12.3 Å². The Labute approximate surface area is 208 Å². The summed E-state index contributed by atoms with van der Waals surface area (Å²) >= 11 is 0. The van der Waals surface area contributed by atoms with Gasteiger partial charge in [-0.25, -0.2) is 9.97 Å². The van der Waals surface area contributed by atoms with Crippen LogP contribution in [-0.2, 0) is 23.1 Å². The molecule has 36 heavy (non-hydrogen) atoms. The fourth-order valence-electron chi connectivity index (χ4n) is 6.30. The molecule has 3 saturated heterocycles. The number of piperidine rings is 1. The van der Waals surface area contributed by atoms with Gasteiger partial charge in [-0.3, -0.25) is 9.58 Å². The smallest absolute Gasteiger partial charge is 0.367 e. The predicted molar refractivity (Wildman–Crippen MR) is 128 cm³/mol. The topological polar surface area (TPSA) is 74.6 Å². The molecule has 6 heterocycles. The average molecular weight is 507 g/mol. The lowest BCUT2D eigenvalue weighted by Crippen LogP contribution is -2.68. The Morgan fingerprint density at radius 3 is 2.47 bits per heavy atom.